The van der Waals surface area contributed by atoms with Crippen LogP contribution < -0.4 is 19.9 Å². The summed E-state index contributed by atoms with van der Waals surface area (Å²) in [5, 5.41) is 12.3. The van der Waals surface area contributed by atoms with Crippen molar-refractivity contribution in [2.24, 2.45) is 0 Å². The predicted molar refractivity (Wildman–Crippen MR) is 117 cm³/mol. The number of ether oxygens (including phenoxy) is 1. The molecule has 2 aromatic heterocycles. The molecule has 0 bridgehead atoms. The predicted octanol–water partition coefficient (Wildman–Crippen LogP) is 3.43. The molecule has 1 amide bonds. The van der Waals surface area contributed by atoms with Gasteiger partial charge in [-0.1, -0.05) is 19.8 Å². The fourth-order valence-electron chi connectivity index (χ4n) is 4.54. The standard InChI is InChI=1S/C22H27N5O4/c1-4-15-21(28)26(2)17-12-23-19(10-16(17)27(15)14-7-5-6-8-14)25-20-18(31-3)9-13(11-24-20)22(29)30/h9-12,14-15H,4-8H2,1-3H3,(H,29,30)(H,23,24,25)/t15-/m1/s1. The lowest BCUT2D eigenvalue weighted by molar-refractivity contribution is -0.120. The Bertz CT molecular complexity index is 1010. The molecule has 0 aromatic carbocycles. The molecule has 0 saturated heterocycles. The van der Waals surface area contributed by atoms with Gasteiger partial charge in [-0.05, 0) is 19.3 Å². The van der Waals surface area contributed by atoms with Crippen molar-refractivity contribution in [1.29, 1.82) is 0 Å². The Balaban J connectivity index is 1.72. The zero-order valence-electron chi connectivity index (χ0n) is 18.0. The molecule has 2 aliphatic rings. The van der Waals surface area contributed by atoms with Crippen molar-refractivity contribution in [3.05, 3.63) is 30.1 Å². The molecule has 9 nitrogen and oxygen atoms in total. The minimum atomic E-state index is -1.07. The van der Waals surface area contributed by atoms with E-state index in [-0.39, 0.29) is 17.5 Å². The number of hydrogen-bond donors (Lipinski definition) is 2. The molecule has 1 saturated carbocycles. The zero-order chi connectivity index (χ0) is 22.1. The number of carboxylic acid groups (broad SMARTS) is 1. The molecule has 1 atom stereocenters. The van der Waals surface area contributed by atoms with E-state index < -0.39 is 5.97 Å². The first-order valence-electron chi connectivity index (χ1n) is 10.5. The average molecular weight is 425 g/mol. The largest absolute Gasteiger partial charge is 0.493 e. The number of pyridine rings is 2. The molecule has 0 radical (unpaired) electrons. The number of hydrogen-bond acceptors (Lipinski definition) is 7. The van der Waals surface area contributed by atoms with Crippen LogP contribution in [0.5, 0.6) is 5.75 Å². The Morgan fingerprint density at radius 1 is 1.23 bits per heavy atom. The molecule has 31 heavy (non-hydrogen) atoms. The second kappa shape index (κ2) is 8.41. The minimum Gasteiger partial charge on any atom is -0.493 e. The lowest BCUT2D eigenvalue weighted by atomic mass is 10.0. The van der Waals surface area contributed by atoms with Crippen LogP contribution in [0.3, 0.4) is 0 Å². The van der Waals surface area contributed by atoms with Crippen LogP contribution in [0, 0.1) is 0 Å². The van der Waals surface area contributed by atoms with E-state index in [2.05, 4.69) is 20.2 Å². The summed E-state index contributed by atoms with van der Waals surface area (Å²) in [5.41, 5.74) is 1.80. The van der Waals surface area contributed by atoms with Gasteiger partial charge in [-0.15, -0.1) is 0 Å². The summed E-state index contributed by atoms with van der Waals surface area (Å²) >= 11 is 0. The van der Waals surface area contributed by atoms with Crippen LogP contribution in [0.2, 0.25) is 0 Å². The Morgan fingerprint density at radius 3 is 2.61 bits per heavy atom. The van der Waals surface area contributed by atoms with Gasteiger partial charge in [-0.2, -0.15) is 0 Å². The first-order valence-corrected chi connectivity index (χ1v) is 10.5. The van der Waals surface area contributed by atoms with Crippen LogP contribution in [0.15, 0.2) is 24.5 Å². The van der Waals surface area contributed by atoms with Gasteiger partial charge < -0.3 is 25.0 Å². The van der Waals surface area contributed by atoms with Crippen LogP contribution in [0.1, 0.15) is 49.4 Å². The Kier molecular flexibility index (Phi) is 5.67. The number of carbonyl (C=O) groups excluding carboxylic acids is 1. The summed E-state index contributed by atoms with van der Waals surface area (Å²) in [4.78, 5) is 36.8. The Hall–Kier alpha value is -3.36. The van der Waals surface area contributed by atoms with E-state index in [0.29, 0.717) is 23.4 Å². The highest BCUT2D eigenvalue weighted by Gasteiger charge is 2.40. The monoisotopic (exact) mass is 425 g/mol. The van der Waals surface area contributed by atoms with Crippen molar-refractivity contribution in [2.45, 2.75) is 51.1 Å². The second-order valence-electron chi connectivity index (χ2n) is 7.93. The molecular formula is C22H27N5O4. The number of carboxylic acids is 1. The van der Waals surface area contributed by atoms with E-state index in [1.54, 1.807) is 18.1 Å². The van der Waals surface area contributed by atoms with Gasteiger partial charge in [0.1, 0.15) is 11.9 Å². The van der Waals surface area contributed by atoms with Crippen molar-refractivity contribution in [2.75, 3.05) is 29.3 Å². The SMILES string of the molecule is CC[C@@H]1C(=O)N(C)c2cnc(Nc3ncc(C(=O)O)cc3OC)cc2N1C1CCCC1. The number of rotatable bonds is 6. The number of aromatic carboxylic acids is 1. The fourth-order valence-corrected chi connectivity index (χ4v) is 4.54. The van der Waals surface area contributed by atoms with Gasteiger partial charge >= 0.3 is 5.97 Å². The van der Waals surface area contributed by atoms with Crippen LogP contribution in [0.25, 0.3) is 0 Å². The Morgan fingerprint density at radius 2 is 1.97 bits per heavy atom. The molecule has 2 N–H and O–H groups in total. The molecule has 0 spiro atoms. The maximum atomic E-state index is 13.0. The van der Waals surface area contributed by atoms with Gasteiger partial charge in [-0.3, -0.25) is 4.79 Å². The van der Waals surface area contributed by atoms with E-state index in [1.165, 1.54) is 32.2 Å². The van der Waals surface area contributed by atoms with E-state index in [9.17, 15) is 14.7 Å². The topological polar surface area (TPSA) is 108 Å². The number of nitrogens with zero attached hydrogens (tertiary/aromatic N) is 4. The molecular weight excluding hydrogens is 398 g/mol. The number of carbonyl (C=O) groups is 2. The number of nitrogens with one attached hydrogen (secondary N) is 1. The average Bonchev–Trinajstić information content (AvgIpc) is 3.30. The van der Waals surface area contributed by atoms with Crippen molar-refractivity contribution < 1.29 is 19.4 Å². The van der Waals surface area contributed by atoms with E-state index in [0.717, 1.165) is 30.6 Å². The van der Waals surface area contributed by atoms with Crippen molar-refractivity contribution >= 4 is 34.9 Å². The lowest BCUT2D eigenvalue weighted by Gasteiger charge is -2.44. The van der Waals surface area contributed by atoms with Crippen LogP contribution in [0.4, 0.5) is 23.0 Å². The normalized spacial score (nSPS) is 18.8. The maximum Gasteiger partial charge on any atom is 0.337 e. The molecule has 1 aliphatic carbocycles. The summed E-state index contributed by atoms with van der Waals surface area (Å²) in [6.45, 7) is 2.04. The first-order chi connectivity index (χ1) is 14.9. The highest BCUT2D eigenvalue weighted by atomic mass is 16.5. The molecule has 2 aromatic rings. The highest BCUT2D eigenvalue weighted by Crippen LogP contribution is 2.42. The second-order valence-corrected chi connectivity index (χ2v) is 7.93. The summed E-state index contributed by atoms with van der Waals surface area (Å²) < 4.78 is 5.31. The number of amides is 1. The third-order valence-corrected chi connectivity index (χ3v) is 6.12. The molecule has 9 heteroatoms. The van der Waals surface area contributed by atoms with E-state index in [4.69, 9.17) is 4.74 Å². The van der Waals surface area contributed by atoms with Gasteiger partial charge in [0.25, 0.3) is 0 Å². The molecule has 3 heterocycles. The lowest BCUT2D eigenvalue weighted by Crippen LogP contribution is -2.55. The summed E-state index contributed by atoms with van der Waals surface area (Å²) in [6, 6.07) is 3.49. The quantitative estimate of drug-likeness (QED) is 0.725. The molecule has 4 rings (SSSR count). The zero-order valence-corrected chi connectivity index (χ0v) is 18.0. The Labute approximate surface area is 181 Å². The molecule has 0 unspecified atom stereocenters. The number of fused-ring (bicyclic) bond motifs is 1. The van der Waals surface area contributed by atoms with Gasteiger partial charge in [0.15, 0.2) is 11.6 Å². The third kappa shape index (κ3) is 3.75. The van der Waals surface area contributed by atoms with Crippen LogP contribution in [-0.4, -0.2) is 53.2 Å². The van der Waals surface area contributed by atoms with Crippen molar-refractivity contribution in [1.82, 2.24) is 9.97 Å². The van der Waals surface area contributed by atoms with Crippen molar-refractivity contribution in [3.63, 3.8) is 0 Å². The first kappa shape index (κ1) is 20.9. The molecule has 1 fully saturated rings. The summed E-state index contributed by atoms with van der Waals surface area (Å²) in [6.07, 6.45) is 8.19. The van der Waals surface area contributed by atoms with Gasteiger partial charge in [0, 0.05) is 31.4 Å². The summed E-state index contributed by atoms with van der Waals surface area (Å²) in [5.74, 6) is 0.255. The maximum absolute atomic E-state index is 13.0. The number of likely N-dealkylation sites (N-methyl/N-ethyl adjacent to an activating group) is 1. The number of anilines is 4. The smallest absolute Gasteiger partial charge is 0.337 e. The third-order valence-electron chi connectivity index (χ3n) is 6.12. The number of aromatic nitrogens is 2. The highest BCUT2D eigenvalue weighted by molar-refractivity contribution is 6.05. The fraction of sp³-hybridized carbons (Fsp3) is 0.455. The van der Waals surface area contributed by atoms with Crippen molar-refractivity contribution in [3.8, 4) is 5.75 Å². The van der Waals surface area contributed by atoms with E-state index in [1.807, 2.05) is 13.0 Å². The number of methoxy groups -OCH3 is 1. The summed E-state index contributed by atoms with van der Waals surface area (Å²) in [7, 11) is 3.25. The van der Waals surface area contributed by atoms with Crippen LogP contribution >= 0.6 is 0 Å². The van der Waals surface area contributed by atoms with Gasteiger partial charge in [0.2, 0.25) is 5.91 Å². The molecule has 1 aliphatic heterocycles. The molecule has 164 valence electrons. The van der Waals surface area contributed by atoms with Gasteiger partial charge in [-0.25, -0.2) is 14.8 Å². The van der Waals surface area contributed by atoms with Crippen LogP contribution in [-0.2, 0) is 4.79 Å². The van der Waals surface area contributed by atoms with E-state index >= 15 is 0 Å². The minimum absolute atomic E-state index is 0.0409. The van der Waals surface area contributed by atoms with Gasteiger partial charge in [0.05, 0.1) is 30.2 Å².